The first kappa shape index (κ1) is 14.1. The third kappa shape index (κ3) is 3.76. The second kappa shape index (κ2) is 6.67. The van der Waals surface area contributed by atoms with Gasteiger partial charge in [0.15, 0.2) is 0 Å². The number of hydrogen-bond donors (Lipinski definition) is 1. The fourth-order valence-corrected chi connectivity index (χ4v) is 2.26. The Hall–Kier alpha value is -0.990. The third-order valence-corrected chi connectivity index (χ3v) is 3.04. The standard InChI is InChI=1S/C12H12BrNO2S/c1-2-16-12(15)5-8-3-10(17)4-9(6-13)11(8)7-14/h3-4,17H,2,5-6H2,1H3. The number of esters is 1. The molecule has 1 rings (SSSR count). The Kier molecular flexibility index (Phi) is 5.52. The predicted octanol–water partition coefficient (Wildman–Crippen LogP) is 2.85. The summed E-state index contributed by atoms with van der Waals surface area (Å²) >= 11 is 7.57. The van der Waals surface area contributed by atoms with Crippen LogP contribution in [0.5, 0.6) is 0 Å². The van der Waals surface area contributed by atoms with Crippen molar-refractivity contribution in [3.05, 3.63) is 28.8 Å². The van der Waals surface area contributed by atoms with E-state index in [1.807, 2.05) is 6.07 Å². The first-order valence-electron chi connectivity index (χ1n) is 5.08. The number of nitriles is 1. The molecule has 0 saturated heterocycles. The van der Waals surface area contributed by atoms with Crippen LogP contribution in [0.2, 0.25) is 0 Å². The van der Waals surface area contributed by atoms with Gasteiger partial charge in [-0.15, -0.1) is 12.6 Å². The van der Waals surface area contributed by atoms with E-state index in [4.69, 9.17) is 10.00 Å². The summed E-state index contributed by atoms with van der Waals surface area (Å²) in [4.78, 5) is 12.2. The molecule has 0 aromatic heterocycles. The topological polar surface area (TPSA) is 50.1 Å². The number of benzene rings is 1. The van der Waals surface area contributed by atoms with Crippen LogP contribution in [0.1, 0.15) is 23.6 Å². The summed E-state index contributed by atoms with van der Waals surface area (Å²) in [7, 11) is 0. The zero-order chi connectivity index (χ0) is 12.8. The lowest BCUT2D eigenvalue weighted by Crippen LogP contribution is -2.09. The second-order valence-corrected chi connectivity index (χ2v) is 4.44. The number of carbonyl (C=O) groups is 1. The van der Waals surface area contributed by atoms with Crippen LogP contribution in [-0.4, -0.2) is 12.6 Å². The summed E-state index contributed by atoms with van der Waals surface area (Å²) in [6.45, 7) is 2.09. The Labute approximate surface area is 114 Å². The monoisotopic (exact) mass is 313 g/mol. The van der Waals surface area contributed by atoms with E-state index in [-0.39, 0.29) is 12.4 Å². The van der Waals surface area contributed by atoms with Crippen LogP contribution in [0.15, 0.2) is 17.0 Å². The van der Waals surface area contributed by atoms with Crippen molar-refractivity contribution in [2.75, 3.05) is 6.61 Å². The number of nitrogens with zero attached hydrogens (tertiary/aromatic N) is 1. The average molecular weight is 314 g/mol. The minimum absolute atomic E-state index is 0.102. The maximum absolute atomic E-state index is 11.4. The Morgan fingerprint density at radius 1 is 1.53 bits per heavy atom. The van der Waals surface area contributed by atoms with Gasteiger partial charge in [0, 0.05) is 10.2 Å². The van der Waals surface area contributed by atoms with Crippen LogP contribution in [0.3, 0.4) is 0 Å². The van der Waals surface area contributed by atoms with Crippen molar-refractivity contribution in [3.8, 4) is 6.07 Å². The molecule has 5 heteroatoms. The summed E-state index contributed by atoms with van der Waals surface area (Å²) in [6, 6.07) is 5.66. The molecule has 0 fully saturated rings. The second-order valence-electron chi connectivity index (χ2n) is 3.37. The first-order chi connectivity index (χ1) is 8.12. The highest BCUT2D eigenvalue weighted by atomic mass is 79.9. The van der Waals surface area contributed by atoms with Crippen LogP contribution >= 0.6 is 28.6 Å². The highest BCUT2D eigenvalue weighted by Crippen LogP contribution is 2.22. The number of halogens is 1. The fourth-order valence-electron chi connectivity index (χ4n) is 1.51. The molecule has 0 aliphatic carbocycles. The molecule has 0 aliphatic heterocycles. The lowest BCUT2D eigenvalue weighted by Gasteiger charge is -2.09. The molecule has 0 aliphatic rings. The minimum atomic E-state index is -0.330. The molecule has 1 aromatic rings. The van der Waals surface area contributed by atoms with Gasteiger partial charge in [0.2, 0.25) is 0 Å². The van der Waals surface area contributed by atoms with Crippen molar-refractivity contribution in [1.82, 2.24) is 0 Å². The van der Waals surface area contributed by atoms with Crippen LogP contribution in [0.25, 0.3) is 0 Å². The zero-order valence-electron chi connectivity index (χ0n) is 9.36. The molecule has 0 heterocycles. The highest BCUT2D eigenvalue weighted by molar-refractivity contribution is 9.08. The van der Waals surface area contributed by atoms with E-state index < -0.39 is 0 Å². The summed E-state index contributed by atoms with van der Waals surface area (Å²) in [5.74, 6) is -0.330. The Balaban J connectivity index is 3.10. The maximum Gasteiger partial charge on any atom is 0.310 e. The van der Waals surface area contributed by atoms with Crippen molar-refractivity contribution >= 4 is 34.5 Å². The van der Waals surface area contributed by atoms with E-state index in [9.17, 15) is 4.79 Å². The van der Waals surface area contributed by atoms with Crippen LogP contribution < -0.4 is 0 Å². The van der Waals surface area contributed by atoms with Crippen molar-refractivity contribution in [1.29, 1.82) is 5.26 Å². The van der Waals surface area contributed by atoms with Gasteiger partial charge in [-0.3, -0.25) is 4.79 Å². The molecule has 1 aromatic carbocycles. The Bertz CT molecular complexity index is 468. The quantitative estimate of drug-likeness (QED) is 0.528. The molecule has 0 amide bonds. The molecule has 0 atom stereocenters. The van der Waals surface area contributed by atoms with E-state index in [2.05, 4.69) is 34.6 Å². The van der Waals surface area contributed by atoms with Gasteiger partial charge in [-0.2, -0.15) is 5.26 Å². The number of carbonyl (C=O) groups excluding carboxylic acids is 1. The number of rotatable bonds is 4. The Morgan fingerprint density at radius 3 is 2.71 bits per heavy atom. The average Bonchev–Trinajstić information content (AvgIpc) is 2.28. The van der Waals surface area contributed by atoms with Crippen molar-refractivity contribution in [3.63, 3.8) is 0 Å². The van der Waals surface area contributed by atoms with Gasteiger partial charge in [-0.05, 0) is 30.2 Å². The molecule has 0 spiro atoms. The van der Waals surface area contributed by atoms with Crippen molar-refractivity contribution in [2.24, 2.45) is 0 Å². The van der Waals surface area contributed by atoms with Gasteiger partial charge in [-0.1, -0.05) is 15.9 Å². The maximum atomic E-state index is 11.4. The molecular formula is C12H12BrNO2S. The predicted molar refractivity (Wildman–Crippen MR) is 71.4 cm³/mol. The van der Waals surface area contributed by atoms with Crippen molar-refractivity contribution < 1.29 is 9.53 Å². The van der Waals surface area contributed by atoms with Gasteiger partial charge in [0.1, 0.15) is 0 Å². The van der Waals surface area contributed by atoms with Gasteiger partial charge in [0.25, 0.3) is 0 Å². The molecule has 3 nitrogen and oxygen atoms in total. The third-order valence-electron chi connectivity index (χ3n) is 2.18. The van der Waals surface area contributed by atoms with E-state index in [1.54, 1.807) is 13.0 Å². The summed E-state index contributed by atoms with van der Waals surface area (Å²) in [5.41, 5.74) is 2.01. The molecule has 0 unspecified atom stereocenters. The van der Waals surface area contributed by atoms with Crippen LogP contribution in [0.4, 0.5) is 0 Å². The molecule has 17 heavy (non-hydrogen) atoms. The molecular weight excluding hydrogens is 302 g/mol. The number of hydrogen-bond acceptors (Lipinski definition) is 4. The molecule has 90 valence electrons. The molecule has 0 bridgehead atoms. The molecule has 0 N–H and O–H groups in total. The number of thiol groups is 1. The van der Waals surface area contributed by atoms with E-state index >= 15 is 0 Å². The lowest BCUT2D eigenvalue weighted by atomic mass is 10.0. The van der Waals surface area contributed by atoms with Gasteiger partial charge in [-0.25, -0.2) is 0 Å². The van der Waals surface area contributed by atoms with E-state index in [1.165, 1.54) is 0 Å². The van der Waals surface area contributed by atoms with Crippen molar-refractivity contribution in [2.45, 2.75) is 23.6 Å². The molecule has 0 saturated carbocycles. The highest BCUT2D eigenvalue weighted by Gasteiger charge is 2.13. The summed E-state index contributed by atoms with van der Waals surface area (Å²) in [6.07, 6.45) is 0.102. The molecule has 0 radical (unpaired) electrons. The Morgan fingerprint density at radius 2 is 2.18 bits per heavy atom. The van der Waals surface area contributed by atoms with Gasteiger partial charge in [0.05, 0.1) is 24.7 Å². The van der Waals surface area contributed by atoms with Crippen LogP contribution in [0, 0.1) is 11.3 Å². The number of alkyl halides is 1. The minimum Gasteiger partial charge on any atom is -0.466 e. The SMILES string of the molecule is CCOC(=O)Cc1cc(S)cc(CBr)c1C#N. The van der Waals surface area contributed by atoms with E-state index in [0.717, 1.165) is 10.5 Å². The normalized spacial score (nSPS) is 9.76. The zero-order valence-corrected chi connectivity index (χ0v) is 11.8. The van der Waals surface area contributed by atoms with Gasteiger partial charge < -0.3 is 4.74 Å². The fraction of sp³-hybridized carbons (Fsp3) is 0.333. The number of ether oxygens (including phenoxy) is 1. The van der Waals surface area contributed by atoms with Gasteiger partial charge >= 0.3 is 5.97 Å². The smallest absolute Gasteiger partial charge is 0.310 e. The van der Waals surface area contributed by atoms with Crippen LogP contribution in [-0.2, 0) is 21.3 Å². The lowest BCUT2D eigenvalue weighted by molar-refractivity contribution is -0.142. The first-order valence-corrected chi connectivity index (χ1v) is 6.65. The van der Waals surface area contributed by atoms with E-state index in [0.29, 0.717) is 23.1 Å². The summed E-state index contributed by atoms with van der Waals surface area (Å²) in [5, 5.41) is 9.67. The summed E-state index contributed by atoms with van der Waals surface area (Å²) < 4.78 is 4.87. The largest absolute Gasteiger partial charge is 0.466 e.